The van der Waals surface area contributed by atoms with Crippen molar-refractivity contribution >= 4 is 17.4 Å². The fraction of sp³-hybridized carbons (Fsp3) is 0.286. The van der Waals surface area contributed by atoms with E-state index >= 15 is 0 Å². The predicted octanol–water partition coefficient (Wildman–Crippen LogP) is 1.30. The Morgan fingerprint density at radius 1 is 1.03 bits per heavy atom. The molecule has 1 N–H and O–H groups in total. The van der Waals surface area contributed by atoms with Crippen LogP contribution in [-0.4, -0.2) is 66.1 Å². The zero-order valence-electron chi connectivity index (χ0n) is 16.6. The van der Waals surface area contributed by atoms with Crippen molar-refractivity contribution in [3.8, 4) is 11.5 Å². The summed E-state index contributed by atoms with van der Waals surface area (Å²) in [6, 6.07) is 8.58. The van der Waals surface area contributed by atoms with Gasteiger partial charge in [-0.3, -0.25) is 19.5 Å². The second-order valence-electron chi connectivity index (χ2n) is 6.49. The quantitative estimate of drug-likeness (QED) is 0.671. The van der Waals surface area contributed by atoms with E-state index in [-0.39, 0.29) is 31.0 Å². The lowest BCUT2D eigenvalue weighted by Crippen LogP contribution is -2.34. The summed E-state index contributed by atoms with van der Waals surface area (Å²) in [5.74, 6) is 0.161. The van der Waals surface area contributed by atoms with E-state index in [1.807, 2.05) is 0 Å². The minimum atomic E-state index is -0.410. The topological polar surface area (TPSA) is 92.2 Å². The van der Waals surface area contributed by atoms with Gasteiger partial charge in [0.15, 0.2) is 11.5 Å². The third-order valence-corrected chi connectivity index (χ3v) is 4.72. The molecule has 0 aliphatic carbocycles. The van der Waals surface area contributed by atoms with Crippen LogP contribution in [0.3, 0.4) is 0 Å². The Kier molecular flexibility index (Phi) is 6.13. The predicted molar refractivity (Wildman–Crippen MR) is 106 cm³/mol. The van der Waals surface area contributed by atoms with Gasteiger partial charge in [-0.2, -0.15) is 0 Å². The highest BCUT2D eigenvalue weighted by molar-refractivity contribution is 6.35. The van der Waals surface area contributed by atoms with Crippen molar-refractivity contribution in [2.45, 2.75) is 6.54 Å². The van der Waals surface area contributed by atoms with Gasteiger partial charge in [-0.1, -0.05) is 6.07 Å². The van der Waals surface area contributed by atoms with E-state index in [1.165, 1.54) is 19.1 Å². The fourth-order valence-corrected chi connectivity index (χ4v) is 3.25. The zero-order valence-corrected chi connectivity index (χ0v) is 16.6. The number of hydrogen-bond donors (Lipinski definition) is 1. The highest BCUT2D eigenvalue weighted by atomic mass is 16.5. The van der Waals surface area contributed by atoms with Crippen molar-refractivity contribution in [2.75, 3.05) is 34.4 Å². The number of rotatable bonds is 8. The summed E-state index contributed by atoms with van der Waals surface area (Å²) >= 11 is 0. The molecule has 2 heterocycles. The molecular weight excluding hydrogens is 374 g/mol. The number of amides is 2. The number of aliphatic hydroxyl groups is 1. The highest BCUT2D eigenvalue weighted by Crippen LogP contribution is 2.36. The summed E-state index contributed by atoms with van der Waals surface area (Å²) in [6.45, 7) is 0.201. The number of benzene rings is 1. The molecule has 1 aliphatic rings. The number of nitrogens with zero attached hydrogens (tertiary/aromatic N) is 3. The summed E-state index contributed by atoms with van der Waals surface area (Å²) in [5, 5.41) is 9.34. The van der Waals surface area contributed by atoms with E-state index in [0.29, 0.717) is 17.1 Å². The molecule has 3 rings (SSSR count). The largest absolute Gasteiger partial charge is 0.493 e. The van der Waals surface area contributed by atoms with E-state index in [0.717, 1.165) is 5.56 Å². The highest BCUT2D eigenvalue weighted by Gasteiger charge is 2.40. The number of ether oxygens (including phenoxy) is 2. The van der Waals surface area contributed by atoms with E-state index in [9.17, 15) is 14.7 Å². The number of methoxy groups -OCH3 is 2. The minimum absolute atomic E-state index is 0.132. The van der Waals surface area contributed by atoms with Crippen molar-refractivity contribution in [3.63, 3.8) is 0 Å². The molecule has 0 fully saturated rings. The lowest BCUT2D eigenvalue weighted by atomic mass is 10.0. The molecule has 0 bridgehead atoms. The average molecular weight is 397 g/mol. The van der Waals surface area contributed by atoms with Gasteiger partial charge in [0, 0.05) is 26.0 Å². The maximum absolute atomic E-state index is 13.3. The van der Waals surface area contributed by atoms with Gasteiger partial charge in [0.25, 0.3) is 11.8 Å². The SMILES string of the molecule is COc1ccc(C2=C(N(C)CCO)C(=O)N(Cc3ccncc3)C2=O)cc1OC. The molecule has 152 valence electrons. The maximum atomic E-state index is 13.3. The van der Waals surface area contributed by atoms with Crippen molar-refractivity contribution in [3.05, 3.63) is 59.5 Å². The summed E-state index contributed by atoms with van der Waals surface area (Å²) in [4.78, 5) is 33.2. The maximum Gasteiger partial charge on any atom is 0.278 e. The molecule has 8 heteroatoms. The molecule has 0 saturated heterocycles. The molecule has 8 nitrogen and oxygen atoms in total. The summed E-state index contributed by atoms with van der Waals surface area (Å²) in [7, 11) is 4.71. The first kappa shape index (κ1) is 20.3. The Labute approximate surface area is 169 Å². The van der Waals surface area contributed by atoms with Crippen molar-refractivity contribution in [1.29, 1.82) is 0 Å². The lowest BCUT2D eigenvalue weighted by molar-refractivity contribution is -0.138. The lowest BCUT2D eigenvalue weighted by Gasteiger charge is -2.20. The summed E-state index contributed by atoms with van der Waals surface area (Å²) < 4.78 is 10.6. The van der Waals surface area contributed by atoms with Gasteiger partial charge in [-0.15, -0.1) is 0 Å². The molecular formula is C21H23N3O5. The molecule has 0 saturated carbocycles. The standard InChI is InChI=1S/C21H23N3O5/c1-23(10-11-25)19-18(15-4-5-16(28-2)17(12-15)29-3)20(26)24(21(19)27)13-14-6-8-22-9-7-14/h4-9,12,25H,10-11,13H2,1-3H3. The van der Waals surface area contributed by atoms with Crippen LogP contribution in [0.25, 0.3) is 5.57 Å². The van der Waals surface area contributed by atoms with Gasteiger partial charge in [0.1, 0.15) is 5.70 Å². The molecule has 0 radical (unpaired) electrons. The smallest absolute Gasteiger partial charge is 0.278 e. The monoisotopic (exact) mass is 397 g/mol. The molecule has 29 heavy (non-hydrogen) atoms. The first-order valence-electron chi connectivity index (χ1n) is 9.05. The Balaban J connectivity index is 2.06. The molecule has 0 spiro atoms. The number of aliphatic hydroxyl groups excluding tert-OH is 1. The Morgan fingerprint density at radius 2 is 1.72 bits per heavy atom. The summed E-state index contributed by atoms with van der Waals surface area (Å²) in [6.07, 6.45) is 3.23. The molecule has 0 atom stereocenters. The van der Waals surface area contributed by atoms with Gasteiger partial charge in [-0.25, -0.2) is 0 Å². The summed E-state index contributed by atoms with van der Waals surface area (Å²) in [5.41, 5.74) is 1.84. The Hall–Kier alpha value is -3.39. The van der Waals surface area contributed by atoms with Gasteiger partial charge in [0.05, 0.1) is 32.9 Å². The molecule has 2 aromatic rings. The van der Waals surface area contributed by atoms with Gasteiger partial charge >= 0.3 is 0 Å². The Morgan fingerprint density at radius 3 is 2.34 bits per heavy atom. The number of pyridine rings is 1. The van der Waals surface area contributed by atoms with Crippen molar-refractivity contribution < 1.29 is 24.2 Å². The average Bonchev–Trinajstić information content (AvgIpc) is 2.99. The molecule has 1 aliphatic heterocycles. The Bertz CT molecular complexity index is 943. The van der Waals surface area contributed by atoms with Gasteiger partial charge in [-0.05, 0) is 35.4 Å². The van der Waals surface area contributed by atoms with Crippen LogP contribution in [0.15, 0.2) is 48.4 Å². The molecule has 1 aromatic carbocycles. The van der Waals surface area contributed by atoms with Crippen LogP contribution >= 0.6 is 0 Å². The fourth-order valence-electron chi connectivity index (χ4n) is 3.25. The number of likely N-dealkylation sites (N-methyl/N-ethyl adjacent to an activating group) is 1. The van der Waals surface area contributed by atoms with Crippen LogP contribution in [0.5, 0.6) is 11.5 Å². The zero-order chi connectivity index (χ0) is 21.0. The minimum Gasteiger partial charge on any atom is -0.493 e. The van der Waals surface area contributed by atoms with Crippen molar-refractivity contribution in [2.24, 2.45) is 0 Å². The molecule has 1 aromatic heterocycles. The van der Waals surface area contributed by atoms with Crippen LogP contribution in [0.4, 0.5) is 0 Å². The number of imide groups is 1. The first-order valence-corrected chi connectivity index (χ1v) is 9.05. The van der Waals surface area contributed by atoms with E-state index in [4.69, 9.17) is 9.47 Å². The third kappa shape index (κ3) is 3.93. The van der Waals surface area contributed by atoms with E-state index < -0.39 is 11.8 Å². The van der Waals surface area contributed by atoms with Crippen LogP contribution in [0.2, 0.25) is 0 Å². The first-order chi connectivity index (χ1) is 14.0. The van der Waals surface area contributed by atoms with Crippen LogP contribution < -0.4 is 9.47 Å². The van der Waals surface area contributed by atoms with E-state index in [1.54, 1.807) is 54.7 Å². The molecule has 2 amide bonds. The molecule has 0 unspecified atom stereocenters. The van der Waals surface area contributed by atoms with Crippen LogP contribution in [0.1, 0.15) is 11.1 Å². The van der Waals surface area contributed by atoms with Crippen LogP contribution in [-0.2, 0) is 16.1 Å². The van der Waals surface area contributed by atoms with Gasteiger partial charge < -0.3 is 19.5 Å². The van der Waals surface area contributed by atoms with E-state index in [2.05, 4.69) is 4.98 Å². The number of hydrogen-bond acceptors (Lipinski definition) is 7. The van der Waals surface area contributed by atoms with Gasteiger partial charge in [0.2, 0.25) is 0 Å². The van der Waals surface area contributed by atoms with Crippen molar-refractivity contribution in [1.82, 2.24) is 14.8 Å². The third-order valence-electron chi connectivity index (χ3n) is 4.72. The number of aromatic nitrogens is 1. The number of carbonyl (C=O) groups excluding carboxylic acids is 2. The normalized spacial score (nSPS) is 13.9. The second-order valence-corrected chi connectivity index (χ2v) is 6.49. The van der Waals surface area contributed by atoms with Crippen LogP contribution in [0, 0.1) is 0 Å². The number of carbonyl (C=O) groups is 2. The second kappa shape index (κ2) is 8.74.